The Morgan fingerprint density at radius 2 is 1.00 bits per heavy atom. The van der Waals surface area contributed by atoms with Gasteiger partial charge in [0.05, 0.1) is 7.11 Å². The zero-order valence-corrected chi connectivity index (χ0v) is 32.6. The number of hydrogen-bond donors (Lipinski definition) is 2. The largest absolute Gasteiger partial charge is 0.467 e. The standard InChI is InChI=1S/C45H56N6O4/c1-48(30-14-32-50-39-21-8-4-16-34(39)25-26-35-17-5-9-22-40(35)50)44(53)46-29-13-12-20-38(43(52)55-3)47-45(54)49(2)31-15-33-51-41-23-10-6-18-36(41)27-28-37-19-7-11-24-42(37)51/h4-11,16-19,21-24,38H,12-15,20,25-33H2,1-3H3,(H,46,53)(H,47,54). The molecule has 10 heteroatoms. The Hall–Kier alpha value is -5.51. The number of hydrogen-bond acceptors (Lipinski definition) is 6. The fraction of sp³-hybridized carbons (Fsp3) is 0.400. The quantitative estimate of drug-likeness (QED) is 0.0960. The van der Waals surface area contributed by atoms with Gasteiger partial charge in [-0.1, -0.05) is 72.8 Å². The van der Waals surface area contributed by atoms with E-state index in [0.29, 0.717) is 38.9 Å². The number of esters is 1. The number of nitrogens with zero attached hydrogens (tertiary/aromatic N) is 4. The van der Waals surface area contributed by atoms with Crippen LogP contribution < -0.4 is 20.4 Å². The molecule has 0 aromatic heterocycles. The minimum atomic E-state index is -0.767. The fourth-order valence-corrected chi connectivity index (χ4v) is 7.81. The Morgan fingerprint density at radius 1 is 0.600 bits per heavy atom. The van der Waals surface area contributed by atoms with Crippen molar-refractivity contribution in [2.75, 3.05) is 63.7 Å². The van der Waals surface area contributed by atoms with Gasteiger partial charge < -0.3 is 35.0 Å². The molecule has 4 aromatic carbocycles. The molecule has 0 radical (unpaired) electrons. The molecule has 0 fully saturated rings. The van der Waals surface area contributed by atoms with Gasteiger partial charge in [0, 0.05) is 69.6 Å². The summed E-state index contributed by atoms with van der Waals surface area (Å²) in [6.45, 7) is 3.19. The van der Waals surface area contributed by atoms with Crippen LogP contribution >= 0.6 is 0 Å². The summed E-state index contributed by atoms with van der Waals surface area (Å²) in [6.07, 6.45) is 7.31. The van der Waals surface area contributed by atoms with Crippen molar-refractivity contribution in [1.29, 1.82) is 0 Å². The molecule has 4 amide bonds. The molecule has 2 aliphatic heterocycles. The lowest BCUT2D eigenvalue weighted by atomic mass is 10.0. The smallest absolute Gasteiger partial charge is 0.328 e. The summed E-state index contributed by atoms with van der Waals surface area (Å²) in [7, 11) is 4.92. The van der Waals surface area contributed by atoms with E-state index in [1.807, 2.05) is 7.05 Å². The maximum absolute atomic E-state index is 13.2. The van der Waals surface area contributed by atoms with Crippen LogP contribution in [0.5, 0.6) is 0 Å². The van der Waals surface area contributed by atoms with Crippen LogP contribution in [-0.2, 0) is 35.2 Å². The fourth-order valence-electron chi connectivity index (χ4n) is 7.81. The number of amides is 4. The van der Waals surface area contributed by atoms with Crippen molar-refractivity contribution in [1.82, 2.24) is 20.4 Å². The van der Waals surface area contributed by atoms with Crippen LogP contribution in [0.3, 0.4) is 0 Å². The van der Waals surface area contributed by atoms with Gasteiger partial charge in [-0.25, -0.2) is 14.4 Å². The summed E-state index contributed by atoms with van der Waals surface area (Å²) in [6, 6.07) is 33.1. The number of nitrogens with one attached hydrogen (secondary N) is 2. The predicted octanol–water partition coefficient (Wildman–Crippen LogP) is 7.64. The molecule has 0 saturated heterocycles. The Balaban J connectivity index is 0.916. The molecule has 2 N–H and O–H groups in total. The van der Waals surface area contributed by atoms with Gasteiger partial charge in [0.2, 0.25) is 0 Å². The third-order valence-electron chi connectivity index (χ3n) is 10.9. The van der Waals surface area contributed by atoms with E-state index < -0.39 is 12.0 Å². The first-order chi connectivity index (χ1) is 26.8. The molecule has 0 bridgehead atoms. The number of anilines is 4. The minimum Gasteiger partial charge on any atom is -0.467 e. The lowest BCUT2D eigenvalue weighted by Gasteiger charge is -2.28. The normalized spacial score (nSPS) is 13.5. The van der Waals surface area contributed by atoms with Crippen molar-refractivity contribution < 1.29 is 19.1 Å². The molecule has 55 heavy (non-hydrogen) atoms. The zero-order valence-electron chi connectivity index (χ0n) is 32.6. The Morgan fingerprint density at radius 3 is 1.42 bits per heavy atom. The molecule has 1 atom stereocenters. The summed E-state index contributed by atoms with van der Waals surface area (Å²) < 4.78 is 5.03. The number of urea groups is 2. The number of carbonyl (C=O) groups is 3. The first-order valence-electron chi connectivity index (χ1n) is 19.8. The number of fused-ring (bicyclic) bond motifs is 4. The van der Waals surface area contributed by atoms with E-state index in [1.54, 1.807) is 16.8 Å². The highest BCUT2D eigenvalue weighted by atomic mass is 16.5. The number of methoxy groups -OCH3 is 1. The van der Waals surface area contributed by atoms with E-state index in [9.17, 15) is 14.4 Å². The van der Waals surface area contributed by atoms with Crippen LogP contribution in [0.1, 0.15) is 54.4 Å². The Bertz CT molecular complexity index is 1820. The first kappa shape index (κ1) is 39.2. The van der Waals surface area contributed by atoms with Crippen LogP contribution in [-0.4, -0.2) is 87.8 Å². The molecule has 10 nitrogen and oxygen atoms in total. The number of para-hydroxylation sites is 4. The average Bonchev–Trinajstić information content (AvgIpc) is 3.48. The third kappa shape index (κ3) is 9.98. The number of rotatable bonds is 15. The molecular formula is C45H56N6O4. The second-order valence-electron chi connectivity index (χ2n) is 14.6. The zero-order chi connectivity index (χ0) is 38.6. The molecule has 0 spiro atoms. The van der Waals surface area contributed by atoms with Gasteiger partial charge in [-0.3, -0.25) is 0 Å². The van der Waals surface area contributed by atoms with E-state index in [4.69, 9.17) is 4.74 Å². The number of aryl methyl sites for hydroxylation is 4. The maximum Gasteiger partial charge on any atom is 0.328 e. The first-order valence-corrected chi connectivity index (χ1v) is 19.8. The third-order valence-corrected chi connectivity index (χ3v) is 10.9. The number of benzene rings is 4. The van der Waals surface area contributed by atoms with Crippen LogP contribution in [0.25, 0.3) is 0 Å². The second-order valence-corrected chi connectivity index (χ2v) is 14.6. The average molecular weight is 745 g/mol. The van der Waals surface area contributed by atoms with Gasteiger partial charge >= 0.3 is 18.0 Å². The van der Waals surface area contributed by atoms with Crippen molar-refractivity contribution in [3.05, 3.63) is 119 Å². The van der Waals surface area contributed by atoms with E-state index in [1.165, 1.54) is 52.1 Å². The van der Waals surface area contributed by atoms with E-state index in [2.05, 4.69) is 117 Å². The molecule has 0 saturated carbocycles. The highest BCUT2D eigenvalue weighted by molar-refractivity contribution is 5.83. The van der Waals surface area contributed by atoms with Crippen LogP contribution in [0.4, 0.5) is 32.3 Å². The van der Waals surface area contributed by atoms with Gasteiger partial charge in [-0.15, -0.1) is 0 Å². The second kappa shape index (κ2) is 19.2. The molecule has 1 unspecified atom stereocenters. The van der Waals surface area contributed by atoms with Crippen LogP contribution in [0.2, 0.25) is 0 Å². The summed E-state index contributed by atoms with van der Waals surface area (Å²) in [4.78, 5) is 46.9. The van der Waals surface area contributed by atoms with Gasteiger partial charge in [0.1, 0.15) is 6.04 Å². The SMILES string of the molecule is COC(=O)C(CCCCNC(=O)N(C)CCCN1c2ccccc2CCc2ccccc21)NC(=O)N(C)CCCN1c2ccccc2CCc2ccccc21. The van der Waals surface area contributed by atoms with Crippen molar-refractivity contribution in [3.63, 3.8) is 0 Å². The minimum absolute atomic E-state index is 0.122. The van der Waals surface area contributed by atoms with Gasteiger partial charge in [-0.05, 0) is 104 Å². The predicted molar refractivity (Wildman–Crippen MR) is 221 cm³/mol. The highest BCUT2D eigenvalue weighted by Gasteiger charge is 2.25. The van der Waals surface area contributed by atoms with Crippen LogP contribution in [0.15, 0.2) is 97.1 Å². The van der Waals surface area contributed by atoms with E-state index >= 15 is 0 Å². The molecule has 6 rings (SSSR count). The molecule has 2 aliphatic rings. The molecule has 290 valence electrons. The monoisotopic (exact) mass is 744 g/mol. The number of unbranched alkanes of at least 4 members (excludes halogenated alkanes) is 1. The van der Waals surface area contributed by atoms with Crippen molar-refractivity contribution >= 4 is 40.8 Å². The summed E-state index contributed by atoms with van der Waals surface area (Å²) in [5, 5.41) is 5.89. The number of carbonyl (C=O) groups excluding carboxylic acids is 3. The molecule has 4 aromatic rings. The molecular weight excluding hydrogens is 689 g/mol. The maximum atomic E-state index is 13.2. The molecule has 0 aliphatic carbocycles. The summed E-state index contributed by atoms with van der Waals surface area (Å²) in [5.74, 6) is -0.474. The molecule has 2 heterocycles. The van der Waals surface area contributed by atoms with Crippen molar-refractivity contribution in [3.8, 4) is 0 Å². The lowest BCUT2D eigenvalue weighted by Crippen LogP contribution is -2.47. The van der Waals surface area contributed by atoms with E-state index in [0.717, 1.165) is 51.6 Å². The lowest BCUT2D eigenvalue weighted by molar-refractivity contribution is -0.143. The Kier molecular flexibility index (Phi) is 13.7. The topological polar surface area (TPSA) is 97.5 Å². The highest BCUT2D eigenvalue weighted by Crippen LogP contribution is 2.37. The van der Waals surface area contributed by atoms with Crippen molar-refractivity contribution in [2.45, 2.75) is 63.8 Å². The van der Waals surface area contributed by atoms with Crippen molar-refractivity contribution in [2.24, 2.45) is 0 Å². The number of ether oxygens (including phenoxy) is 1. The van der Waals surface area contributed by atoms with Gasteiger partial charge in [0.15, 0.2) is 0 Å². The summed E-state index contributed by atoms with van der Waals surface area (Å²) in [5.41, 5.74) is 10.3. The van der Waals surface area contributed by atoms with Gasteiger partial charge in [0.25, 0.3) is 0 Å². The van der Waals surface area contributed by atoms with Gasteiger partial charge in [-0.2, -0.15) is 0 Å². The van der Waals surface area contributed by atoms with E-state index in [-0.39, 0.29) is 12.1 Å². The summed E-state index contributed by atoms with van der Waals surface area (Å²) >= 11 is 0. The Labute approximate surface area is 326 Å². The van der Waals surface area contributed by atoms with Crippen LogP contribution in [0, 0.1) is 0 Å².